The summed E-state index contributed by atoms with van der Waals surface area (Å²) in [5, 5.41) is 4.85. The number of benzene rings is 4. The summed E-state index contributed by atoms with van der Waals surface area (Å²) in [6.45, 7) is 14.7. The van der Waals surface area contributed by atoms with Crippen molar-refractivity contribution in [1.82, 2.24) is 10.6 Å². The molecule has 0 aliphatic carbocycles. The molecule has 0 saturated heterocycles. The molecule has 4 rings (SSSR count). The summed E-state index contributed by atoms with van der Waals surface area (Å²) < 4.78 is 84.8. The van der Waals surface area contributed by atoms with E-state index in [1.54, 1.807) is 142 Å². The monoisotopic (exact) mass is 984 g/mol. The predicted octanol–water partition coefficient (Wildman–Crippen LogP) is 10.6. The molecule has 370 valence electrons. The molecule has 0 saturated carbocycles. The van der Waals surface area contributed by atoms with Crippen molar-refractivity contribution in [2.24, 2.45) is 5.41 Å². The number of phosphoric ester groups is 2. The summed E-state index contributed by atoms with van der Waals surface area (Å²) >= 11 is 0. The average molecular weight is 985 g/mol. The van der Waals surface area contributed by atoms with Gasteiger partial charge in [-0.25, -0.2) is 28.3 Å². The Bertz CT molecular complexity index is 2250. The van der Waals surface area contributed by atoms with Gasteiger partial charge in [0, 0.05) is 5.41 Å². The smallest absolute Gasteiger partial charge is 0.464 e. The van der Waals surface area contributed by atoms with E-state index in [9.17, 15) is 28.3 Å². The van der Waals surface area contributed by atoms with Crippen molar-refractivity contribution in [2.45, 2.75) is 105 Å². The van der Waals surface area contributed by atoms with Crippen LogP contribution in [0.25, 0.3) is 0 Å². The standard InChI is InChI=1S/C48H62N2O16P2/c1-45(2,3)61-43(53)49-39(31-58-67(55,63-35-23-15-11-16-24-35)64-36-25-17-12-18-26-36)41(51)57-34-47(7,8)33-48(9,10)60-42(52)40(50-44(54)62-46(4,5)6)32-59-68(56,65-37-27-19-13-20-28-37)66-38-29-21-14-22-30-38/h11-30,39-40H,31-34H2,1-10H3,(H,49,53)(H,50,54). The van der Waals surface area contributed by atoms with Crippen molar-refractivity contribution in [1.29, 1.82) is 0 Å². The Morgan fingerprint density at radius 2 is 0.779 bits per heavy atom. The van der Waals surface area contributed by atoms with Gasteiger partial charge in [0.25, 0.3) is 0 Å². The molecule has 2 amide bonds. The van der Waals surface area contributed by atoms with E-state index >= 15 is 0 Å². The molecule has 68 heavy (non-hydrogen) atoms. The summed E-state index contributed by atoms with van der Waals surface area (Å²) in [4.78, 5) is 53.8. The highest BCUT2D eigenvalue weighted by molar-refractivity contribution is 7.49. The normalized spacial score (nSPS) is 13.1. The van der Waals surface area contributed by atoms with Gasteiger partial charge in [-0.2, -0.15) is 0 Å². The van der Waals surface area contributed by atoms with Crippen LogP contribution in [0.4, 0.5) is 9.59 Å². The molecule has 4 aromatic rings. The summed E-state index contributed by atoms with van der Waals surface area (Å²) in [7, 11) is -9.07. The van der Waals surface area contributed by atoms with Gasteiger partial charge in [0.1, 0.15) is 39.8 Å². The van der Waals surface area contributed by atoms with E-state index in [1.807, 2.05) is 0 Å². The largest absolute Gasteiger partial charge is 0.587 e. The molecule has 2 atom stereocenters. The lowest BCUT2D eigenvalue weighted by molar-refractivity contribution is -0.165. The molecule has 0 fully saturated rings. The Kier molecular flexibility index (Phi) is 19.1. The highest BCUT2D eigenvalue weighted by Gasteiger charge is 2.40. The Balaban J connectivity index is 1.49. The number of phosphoric acid groups is 2. The molecule has 18 nitrogen and oxygen atoms in total. The van der Waals surface area contributed by atoms with E-state index in [0.717, 1.165) is 0 Å². The van der Waals surface area contributed by atoms with Crippen LogP contribution in [0.15, 0.2) is 121 Å². The summed E-state index contributed by atoms with van der Waals surface area (Å²) in [6, 6.07) is 29.1. The zero-order chi connectivity index (χ0) is 50.2. The number of ether oxygens (including phenoxy) is 4. The zero-order valence-corrected chi connectivity index (χ0v) is 41.7. The predicted molar refractivity (Wildman–Crippen MR) is 251 cm³/mol. The second-order valence-corrected chi connectivity index (χ2v) is 21.7. The molecule has 0 bridgehead atoms. The second kappa shape index (κ2) is 23.8. The van der Waals surface area contributed by atoms with Crippen molar-refractivity contribution in [3.8, 4) is 23.0 Å². The number of esters is 2. The molecular weight excluding hydrogens is 922 g/mol. The van der Waals surface area contributed by atoms with Crippen LogP contribution in [-0.4, -0.2) is 72.8 Å². The highest BCUT2D eigenvalue weighted by atomic mass is 31.2. The lowest BCUT2D eigenvalue weighted by atomic mass is 9.82. The van der Waals surface area contributed by atoms with E-state index in [0.29, 0.717) is 0 Å². The van der Waals surface area contributed by atoms with Gasteiger partial charge in [0.15, 0.2) is 12.1 Å². The van der Waals surface area contributed by atoms with E-state index in [-0.39, 0.29) is 36.0 Å². The first-order valence-corrected chi connectivity index (χ1v) is 24.5. The first-order chi connectivity index (χ1) is 31.7. The van der Waals surface area contributed by atoms with Crippen LogP contribution in [0.5, 0.6) is 23.0 Å². The fourth-order valence-electron chi connectivity index (χ4n) is 6.10. The molecule has 2 unspecified atom stereocenters. The number of carbonyl (C=O) groups is 4. The minimum Gasteiger partial charge on any atom is -0.464 e. The van der Waals surface area contributed by atoms with Crippen LogP contribution in [0, 0.1) is 5.41 Å². The number of para-hydroxylation sites is 4. The van der Waals surface area contributed by atoms with Crippen LogP contribution in [0.3, 0.4) is 0 Å². The number of carbonyl (C=O) groups excluding carboxylic acids is 4. The maximum absolute atomic E-state index is 14.1. The number of amides is 2. The van der Waals surface area contributed by atoms with Gasteiger partial charge in [-0.05, 0) is 110 Å². The Morgan fingerprint density at radius 3 is 1.09 bits per heavy atom. The fourth-order valence-corrected chi connectivity index (χ4v) is 8.57. The Hall–Kier alpha value is -6.06. The topological polar surface area (TPSA) is 219 Å². The van der Waals surface area contributed by atoms with Gasteiger partial charge < -0.3 is 47.7 Å². The summed E-state index contributed by atoms with van der Waals surface area (Å²) in [5.41, 5.74) is -4.17. The molecule has 0 aromatic heterocycles. The van der Waals surface area contributed by atoms with Crippen molar-refractivity contribution < 1.29 is 74.4 Å². The van der Waals surface area contributed by atoms with E-state index in [2.05, 4.69) is 10.6 Å². The zero-order valence-electron chi connectivity index (χ0n) is 40.0. The third-order valence-corrected chi connectivity index (χ3v) is 11.1. The summed E-state index contributed by atoms with van der Waals surface area (Å²) in [5.74, 6) is -1.43. The van der Waals surface area contributed by atoms with Gasteiger partial charge in [-0.1, -0.05) is 86.6 Å². The molecule has 0 aliphatic heterocycles. The minimum absolute atomic E-state index is 0.0530. The van der Waals surface area contributed by atoms with Gasteiger partial charge in [-0.3, -0.25) is 9.05 Å². The lowest BCUT2D eigenvalue weighted by Gasteiger charge is -2.35. The van der Waals surface area contributed by atoms with Crippen LogP contribution < -0.4 is 28.7 Å². The molecule has 2 N–H and O–H groups in total. The first-order valence-electron chi connectivity index (χ1n) is 21.6. The third-order valence-electron chi connectivity index (χ3n) is 8.48. The maximum atomic E-state index is 14.1. The van der Waals surface area contributed by atoms with Gasteiger partial charge in [0.2, 0.25) is 0 Å². The third kappa shape index (κ3) is 20.4. The van der Waals surface area contributed by atoms with Crippen molar-refractivity contribution in [3.05, 3.63) is 121 Å². The SMILES string of the molecule is CC(C)(COC(=O)C(COP(=O)(Oc1ccccc1)Oc1ccccc1)NC(=O)OC(C)(C)C)CC(C)(C)OC(=O)C(COP(=O)(Oc1ccccc1)Oc1ccccc1)NC(=O)OC(C)(C)C. The van der Waals surface area contributed by atoms with E-state index < -0.39 is 87.3 Å². The molecule has 0 radical (unpaired) electrons. The van der Waals surface area contributed by atoms with Crippen LogP contribution in [0.1, 0.15) is 75.7 Å². The quantitative estimate of drug-likeness (QED) is 0.0401. The van der Waals surface area contributed by atoms with Crippen LogP contribution in [0.2, 0.25) is 0 Å². The number of hydrogen-bond acceptors (Lipinski definition) is 16. The maximum Gasteiger partial charge on any atom is 0.587 e. The lowest BCUT2D eigenvalue weighted by Crippen LogP contribution is -2.49. The first kappa shape index (κ1) is 54.5. The molecule has 0 spiro atoms. The Labute approximate surface area is 397 Å². The second-order valence-electron chi connectivity index (χ2n) is 18.6. The van der Waals surface area contributed by atoms with Crippen molar-refractivity contribution >= 4 is 39.8 Å². The van der Waals surface area contributed by atoms with E-state index in [1.165, 1.54) is 48.5 Å². The van der Waals surface area contributed by atoms with Crippen molar-refractivity contribution in [3.63, 3.8) is 0 Å². The molecule has 0 aliphatic rings. The molecular formula is C48H62N2O16P2. The number of rotatable bonds is 23. The Morgan fingerprint density at radius 1 is 0.471 bits per heavy atom. The van der Waals surface area contributed by atoms with Gasteiger partial charge >= 0.3 is 39.8 Å². The average Bonchev–Trinajstić information content (AvgIpc) is 3.22. The fraction of sp³-hybridized carbons (Fsp3) is 0.417. The van der Waals surface area contributed by atoms with Gasteiger partial charge in [0.05, 0.1) is 19.8 Å². The number of alkyl carbamates (subject to hydrolysis) is 2. The molecule has 20 heteroatoms. The van der Waals surface area contributed by atoms with E-state index in [4.69, 9.17) is 46.1 Å². The molecule has 4 aromatic carbocycles. The summed E-state index contributed by atoms with van der Waals surface area (Å²) in [6.07, 6.45) is -1.94. The molecule has 0 heterocycles. The van der Waals surface area contributed by atoms with Gasteiger partial charge in [-0.15, -0.1) is 0 Å². The van der Waals surface area contributed by atoms with Crippen molar-refractivity contribution in [2.75, 3.05) is 19.8 Å². The minimum atomic E-state index is -4.54. The van der Waals surface area contributed by atoms with Crippen LogP contribution >= 0.6 is 15.6 Å². The highest BCUT2D eigenvalue weighted by Crippen LogP contribution is 2.51. The number of hydrogen-bond donors (Lipinski definition) is 2. The van der Waals surface area contributed by atoms with Crippen LogP contribution in [-0.2, 0) is 46.7 Å². The number of nitrogens with one attached hydrogen (secondary N) is 2.